The Morgan fingerprint density at radius 2 is 2.10 bits per heavy atom. The summed E-state index contributed by atoms with van der Waals surface area (Å²) in [7, 11) is 0. The summed E-state index contributed by atoms with van der Waals surface area (Å²) in [6.45, 7) is 3.49. The van der Waals surface area contributed by atoms with E-state index in [1.807, 2.05) is 0 Å². The van der Waals surface area contributed by atoms with Crippen LogP contribution in [0.15, 0.2) is 0 Å². The van der Waals surface area contributed by atoms with Gasteiger partial charge in [0, 0.05) is 0 Å². The summed E-state index contributed by atoms with van der Waals surface area (Å²) in [6, 6.07) is 0. The molecule has 55 valence electrons. The Kier molecular flexibility index (Phi) is 4.78. The predicted molar refractivity (Wildman–Crippen MR) is 31.1 cm³/mol. The van der Waals surface area contributed by atoms with Gasteiger partial charge in [-0.05, 0) is 0 Å². The number of rotatable bonds is 4. The quantitative estimate of drug-likeness (QED) is 0.450. The molecule has 0 spiro atoms. The van der Waals surface area contributed by atoms with Crippen molar-refractivity contribution in [2.45, 2.75) is 20.0 Å². The molecule has 0 bridgehead atoms. The standard InChI is InChI=1S/C6H9O3.Ti/c1-3-9-6(4-7)5(2)8;/h6H,3H2,1-2H3;. The van der Waals surface area contributed by atoms with Crippen molar-refractivity contribution in [1.82, 2.24) is 0 Å². The van der Waals surface area contributed by atoms with Gasteiger partial charge in [-0.1, -0.05) is 0 Å². The van der Waals surface area contributed by atoms with Gasteiger partial charge in [0.05, 0.1) is 0 Å². The molecular formula is C6H9O3Ti. The van der Waals surface area contributed by atoms with Crippen molar-refractivity contribution >= 4 is 9.87 Å². The topological polar surface area (TPSA) is 43.4 Å². The first kappa shape index (κ1) is 10.0. The van der Waals surface area contributed by atoms with E-state index in [4.69, 9.17) is 4.74 Å². The van der Waals surface area contributed by atoms with Crippen LogP contribution in [0, 0.1) is 0 Å². The van der Waals surface area contributed by atoms with Crippen molar-refractivity contribution < 1.29 is 34.8 Å². The third-order valence-electron chi connectivity index (χ3n) is 0.941. The molecule has 0 N–H and O–H groups in total. The molecule has 0 radical (unpaired) electrons. The van der Waals surface area contributed by atoms with E-state index >= 15 is 0 Å². The maximum atomic E-state index is 10.6. The van der Waals surface area contributed by atoms with Gasteiger partial charge >= 0.3 is 71.2 Å². The summed E-state index contributed by atoms with van der Waals surface area (Å²) in [5.74, 6) is -0.227. The fourth-order valence-electron chi connectivity index (χ4n) is 0.544. The molecule has 0 saturated carbocycles. The van der Waals surface area contributed by atoms with E-state index < -0.39 is 6.10 Å². The fourth-order valence-corrected chi connectivity index (χ4v) is 0.992. The van der Waals surface area contributed by atoms with E-state index in [9.17, 15) is 9.59 Å². The molecule has 0 aromatic rings. The van der Waals surface area contributed by atoms with Crippen molar-refractivity contribution in [3.05, 3.63) is 0 Å². The molecule has 0 aromatic carbocycles. The van der Waals surface area contributed by atoms with Gasteiger partial charge in [-0.3, -0.25) is 0 Å². The number of ether oxygens (including phenoxy) is 1. The molecule has 0 rings (SSSR count). The second-order valence-corrected chi connectivity index (χ2v) is 2.58. The van der Waals surface area contributed by atoms with Crippen LogP contribution < -0.4 is 0 Å². The van der Waals surface area contributed by atoms with Crippen molar-refractivity contribution in [2.24, 2.45) is 0 Å². The monoisotopic (exact) mass is 177 g/mol. The van der Waals surface area contributed by atoms with Crippen LogP contribution in [0.2, 0.25) is 0 Å². The van der Waals surface area contributed by atoms with Gasteiger partial charge in [0.15, 0.2) is 0 Å². The van der Waals surface area contributed by atoms with Crippen molar-refractivity contribution in [1.29, 1.82) is 0 Å². The third-order valence-corrected chi connectivity index (χ3v) is 1.35. The van der Waals surface area contributed by atoms with Gasteiger partial charge in [-0.25, -0.2) is 0 Å². The van der Waals surface area contributed by atoms with Gasteiger partial charge in [0.25, 0.3) is 0 Å². The Morgan fingerprint density at radius 3 is 2.20 bits per heavy atom. The third kappa shape index (κ3) is 3.25. The average molecular weight is 177 g/mol. The zero-order valence-corrected chi connectivity index (χ0v) is 7.57. The molecule has 1 unspecified atom stereocenters. The van der Waals surface area contributed by atoms with Crippen LogP contribution in [0.4, 0.5) is 0 Å². The minimum atomic E-state index is -0.843. The zero-order valence-electron chi connectivity index (χ0n) is 6.01. The van der Waals surface area contributed by atoms with Crippen LogP contribution in [0.5, 0.6) is 0 Å². The number of carbonyl (C=O) groups excluding carboxylic acids is 2. The number of Topliss-reactive ketones (excluding diaryl/α,β-unsaturated/α-hetero) is 1. The molecule has 0 aliphatic carbocycles. The summed E-state index contributed by atoms with van der Waals surface area (Å²) in [6.07, 6.45) is -0.843. The average Bonchev–Trinajstić information content (AvgIpc) is 1.81. The van der Waals surface area contributed by atoms with Crippen LogP contribution in [-0.2, 0) is 34.8 Å². The van der Waals surface area contributed by atoms with Crippen LogP contribution in [0.25, 0.3) is 0 Å². The molecule has 3 nitrogen and oxygen atoms in total. The molecule has 0 saturated heterocycles. The van der Waals surface area contributed by atoms with Crippen molar-refractivity contribution in [2.75, 3.05) is 6.61 Å². The molecule has 0 fully saturated rings. The van der Waals surface area contributed by atoms with Crippen LogP contribution in [-0.4, -0.2) is 22.6 Å². The Hall–Kier alpha value is 0.0143. The molecule has 0 aromatic heterocycles. The summed E-state index contributed by atoms with van der Waals surface area (Å²) in [5, 5.41) is 0. The van der Waals surface area contributed by atoms with Gasteiger partial charge in [0.1, 0.15) is 0 Å². The molecule has 0 amide bonds. The summed E-state index contributed by atoms with van der Waals surface area (Å²) in [4.78, 5) is 21.3. The van der Waals surface area contributed by atoms with Gasteiger partial charge in [0.2, 0.25) is 0 Å². The second-order valence-electron chi connectivity index (χ2n) is 1.81. The van der Waals surface area contributed by atoms with Crippen LogP contribution >= 0.6 is 0 Å². The van der Waals surface area contributed by atoms with Crippen LogP contribution in [0.1, 0.15) is 13.8 Å². The van der Waals surface area contributed by atoms with Gasteiger partial charge in [-0.15, -0.1) is 0 Å². The summed E-state index contributed by atoms with van der Waals surface area (Å²) >= 11 is 1.35. The van der Waals surface area contributed by atoms with E-state index in [-0.39, 0.29) is 9.87 Å². The molecule has 0 aliphatic heterocycles. The Bertz CT molecular complexity index is 130. The summed E-state index contributed by atoms with van der Waals surface area (Å²) in [5.41, 5.74) is 0. The number of hydrogen-bond acceptors (Lipinski definition) is 3. The van der Waals surface area contributed by atoms with Gasteiger partial charge < -0.3 is 0 Å². The van der Waals surface area contributed by atoms with E-state index in [0.717, 1.165) is 0 Å². The van der Waals surface area contributed by atoms with E-state index in [2.05, 4.69) is 0 Å². The molecular weight excluding hydrogens is 168 g/mol. The van der Waals surface area contributed by atoms with Crippen molar-refractivity contribution in [3.63, 3.8) is 0 Å². The van der Waals surface area contributed by atoms with Gasteiger partial charge in [-0.2, -0.15) is 0 Å². The number of carbonyl (C=O) groups is 2. The molecule has 1 atom stereocenters. The van der Waals surface area contributed by atoms with E-state index in [1.165, 1.54) is 27.4 Å². The molecule has 0 heterocycles. The Labute approximate surface area is 71.5 Å². The summed E-state index contributed by atoms with van der Waals surface area (Å²) < 4.78 is 4.64. The second kappa shape index (κ2) is 4.77. The first-order valence-electron chi connectivity index (χ1n) is 2.97. The number of hydrogen-bond donors (Lipinski definition) is 0. The Balaban J connectivity index is 3.98. The SMILES string of the molecule is CCOC(C(C)=O)[C](=O)[Ti]. The zero-order chi connectivity index (χ0) is 8.15. The first-order chi connectivity index (χ1) is 4.59. The molecule has 0 aliphatic rings. The Morgan fingerprint density at radius 1 is 1.60 bits per heavy atom. The fraction of sp³-hybridized carbons (Fsp3) is 0.667. The molecule has 10 heavy (non-hydrogen) atoms. The predicted octanol–water partition coefficient (Wildman–Crippen LogP) is 0.0539. The maximum absolute atomic E-state index is 10.6. The molecule has 4 heteroatoms. The van der Waals surface area contributed by atoms with E-state index in [1.54, 1.807) is 6.92 Å². The normalized spacial score (nSPS) is 12.5. The van der Waals surface area contributed by atoms with Crippen LogP contribution in [0.3, 0.4) is 0 Å². The number of ketones is 1. The minimum absolute atomic E-state index is 0.227. The first-order valence-corrected chi connectivity index (χ1v) is 3.75. The van der Waals surface area contributed by atoms with Crippen molar-refractivity contribution in [3.8, 4) is 0 Å². The van der Waals surface area contributed by atoms with E-state index in [0.29, 0.717) is 6.61 Å².